The second kappa shape index (κ2) is 5.94. The molecule has 0 saturated heterocycles. The van der Waals surface area contributed by atoms with Crippen LogP contribution in [0.4, 0.5) is 5.82 Å². The van der Waals surface area contributed by atoms with Crippen LogP contribution in [0.15, 0.2) is 12.1 Å². The van der Waals surface area contributed by atoms with Gasteiger partial charge in [-0.15, -0.1) is 0 Å². The molecule has 3 N–H and O–H groups in total. The third-order valence-corrected chi connectivity index (χ3v) is 3.96. The number of hydrogen-bond donors (Lipinski definition) is 3. The minimum atomic E-state index is -0.924. The maximum absolute atomic E-state index is 11.9. The van der Waals surface area contributed by atoms with Crippen LogP contribution in [0.3, 0.4) is 0 Å². The van der Waals surface area contributed by atoms with E-state index in [9.17, 15) is 24.8 Å². The number of nitrogens with zero attached hydrogens (tertiary/aromatic N) is 1. The number of hydrogen-bond acceptors (Lipinski definition) is 4. The number of rotatable bonds is 5. The Balaban J connectivity index is 2.01. The van der Waals surface area contributed by atoms with Gasteiger partial charge in [0.15, 0.2) is 5.69 Å². The Bertz CT molecular complexity index is 560. The summed E-state index contributed by atoms with van der Waals surface area (Å²) in [4.78, 5) is 35.7. The lowest BCUT2D eigenvalue weighted by Gasteiger charge is -2.33. The van der Waals surface area contributed by atoms with Crippen LogP contribution in [0, 0.1) is 15.5 Å². The second-order valence-electron chi connectivity index (χ2n) is 5.34. The Morgan fingerprint density at radius 2 is 2.00 bits per heavy atom. The number of carbonyl (C=O) groups excluding carboxylic acids is 1. The van der Waals surface area contributed by atoms with Crippen molar-refractivity contribution >= 4 is 17.7 Å². The summed E-state index contributed by atoms with van der Waals surface area (Å²) in [5.41, 5.74) is -0.870. The molecule has 1 aromatic heterocycles. The number of nitro groups is 1. The molecule has 1 heterocycles. The van der Waals surface area contributed by atoms with E-state index in [1.165, 1.54) is 12.1 Å². The van der Waals surface area contributed by atoms with Crippen LogP contribution in [-0.2, 0) is 4.79 Å². The van der Waals surface area contributed by atoms with Gasteiger partial charge < -0.3 is 20.5 Å². The molecule has 2 rings (SSSR count). The number of carboxylic acid groups (broad SMARTS) is 1. The summed E-state index contributed by atoms with van der Waals surface area (Å²) in [5, 5.41) is 22.5. The van der Waals surface area contributed by atoms with E-state index < -0.39 is 22.2 Å². The molecule has 0 radical (unpaired) electrons. The van der Waals surface area contributed by atoms with Crippen LogP contribution < -0.4 is 5.32 Å². The number of aromatic amines is 1. The highest BCUT2D eigenvalue weighted by Crippen LogP contribution is 2.36. The van der Waals surface area contributed by atoms with E-state index in [-0.39, 0.29) is 18.1 Å². The van der Waals surface area contributed by atoms with Crippen LogP contribution in [0.25, 0.3) is 0 Å². The molecule has 21 heavy (non-hydrogen) atoms. The Morgan fingerprint density at radius 3 is 2.52 bits per heavy atom. The lowest BCUT2D eigenvalue weighted by Crippen LogP contribution is -2.44. The summed E-state index contributed by atoms with van der Waals surface area (Å²) in [5.74, 6) is -1.71. The highest BCUT2D eigenvalue weighted by Gasteiger charge is 2.40. The average molecular weight is 295 g/mol. The zero-order chi connectivity index (χ0) is 15.5. The molecule has 1 aromatic rings. The summed E-state index contributed by atoms with van der Waals surface area (Å²) in [6, 6.07) is 2.50. The van der Waals surface area contributed by atoms with Gasteiger partial charge in [0.25, 0.3) is 5.91 Å². The fourth-order valence-electron chi connectivity index (χ4n) is 2.66. The quantitative estimate of drug-likeness (QED) is 0.563. The Labute approximate surface area is 120 Å². The number of nitrogens with one attached hydrogen (secondary N) is 2. The topological polar surface area (TPSA) is 125 Å². The summed E-state index contributed by atoms with van der Waals surface area (Å²) < 4.78 is 0. The molecular weight excluding hydrogens is 278 g/mol. The second-order valence-corrected chi connectivity index (χ2v) is 5.34. The number of amides is 1. The van der Waals surface area contributed by atoms with E-state index in [2.05, 4.69) is 10.3 Å². The summed E-state index contributed by atoms with van der Waals surface area (Å²) in [7, 11) is 0. The van der Waals surface area contributed by atoms with Gasteiger partial charge >= 0.3 is 11.8 Å². The molecule has 1 amide bonds. The number of aliphatic carboxylic acids is 1. The van der Waals surface area contributed by atoms with Crippen LogP contribution >= 0.6 is 0 Å². The minimum absolute atomic E-state index is 0.0357. The van der Waals surface area contributed by atoms with Gasteiger partial charge in [0.05, 0.1) is 5.41 Å². The lowest BCUT2D eigenvalue weighted by atomic mass is 9.74. The standard InChI is InChI=1S/C13H17N3O5/c17-11(9-4-5-10(15-9)16(20)21)14-8-13(12(18)19)6-2-1-3-7-13/h4-5,15H,1-3,6-8H2,(H,14,17)(H,18,19). The Morgan fingerprint density at radius 1 is 1.33 bits per heavy atom. The van der Waals surface area contributed by atoms with E-state index in [0.29, 0.717) is 12.8 Å². The van der Waals surface area contributed by atoms with Gasteiger partial charge in [-0.05, 0) is 23.8 Å². The van der Waals surface area contributed by atoms with Crippen molar-refractivity contribution in [2.45, 2.75) is 32.1 Å². The van der Waals surface area contributed by atoms with Gasteiger partial charge in [0.2, 0.25) is 0 Å². The van der Waals surface area contributed by atoms with Crippen molar-refractivity contribution in [2.24, 2.45) is 5.41 Å². The molecular formula is C13H17N3O5. The molecule has 0 unspecified atom stereocenters. The van der Waals surface area contributed by atoms with E-state index in [1.807, 2.05) is 0 Å². The van der Waals surface area contributed by atoms with Gasteiger partial charge in [-0.1, -0.05) is 19.3 Å². The fourth-order valence-corrected chi connectivity index (χ4v) is 2.66. The van der Waals surface area contributed by atoms with Crippen molar-refractivity contribution in [3.63, 3.8) is 0 Å². The van der Waals surface area contributed by atoms with E-state index >= 15 is 0 Å². The predicted molar refractivity (Wildman–Crippen MR) is 72.9 cm³/mol. The monoisotopic (exact) mass is 295 g/mol. The molecule has 8 nitrogen and oxygen atoms in total. The van der Waals surface area contributed by atoms with Crippen LogP contribution in [0.5, 0.6) is 0 Å². The Hall–Kier alpha value is -2.38. The molecule has 8 heteroatoms. The van der Waals surface area contributed by atoms with Gasteiger partial charge in [0.1, 0.15) is 0 Å². The number of carboxylic acids is 1. The molecule has 1 aliphatic rings. The van der Waals surface area contributed by atoms with E-state index in [1.54, 1.807) is 0 Å². The average Bonchev–Trinajstić information content (AvgIpc) is 2.95. The van der Waals surface area contributed by atoms with Crippen molar-refractivity contribution in [3.8, 4) is 0 Å². The van der Waals surface area contributed by atoms with Gasteiger partial charge in [-0.3, -0.25) is 9.59 Å². The molecule has 1 aliphatic carbocycles. The lowest BCUT2D eigenvalue weighted by molar-refractivity contribution is -0.389. The van der Waals surface area contributed by atoms with Crippen molar-refractivity contribution in [2.75, 3.05) is 6.54 Å². The molecule has 1 saturated carbocycles. The van der Waals surface area contributed by atoms with Gasteiger partial charge in [-0.25, -0.2) is 4.98 Å². The zero-order valence-corrected chi connectivity index (χ0v) is 11.4. The zero-order valence-electron chi connectivity index (χ0n) is 11.4. The SMILES string of the molecule is O=C(NCC1(C(=O)O)CCCCC1)c1ccc([N+](=O)[O-])[nH]1. The molecule has 0 aliphatic heterocycles. The number of H-pyrrole nitrogens is 1. The molecule has 0 spiro atoms. The first-order valence-electron chi connectivity index (χ1n) is 6.80. The van der Waals surface area contributed by atoms with Crippen LogP contribution in [0.2, 0.25) is 0 Å². The van der Waals surface area contributed by atoms with Crippen molar-refractivity contribution in [1.29, 1.82) is 0 Å². The molecule has 114 valence electrons. The first-order valence-corrected chi connectivity index (χ1v) is 6.80. The maximum Gasteiger partial charge on any atom is 0.321 e. The Kier molecular flexibility index (Phi) is 4.25. The molecule has 0 bridgehead atoms. The summed E-state index contributed by atoms with van der Waals surface area (Å²) >= 11 is 0. The van der Waals surface area contributed by atoms with Gasteiger partial charge in [-0.2, -0.15) is 0 Å². The summed E-state index contributed by atoms with van der Waals surface area (Å²) in [6.45, 7) is 0.0357. The highest BCUT2D eigenvalue weighted by atomic mass is 16.6. The molecule has 0 atom stereocenters. The van der Waals surface area contributed by atoms with Crippen molar-refractivity contribution in [1.82, 2.24) is 10.3 Å². The summed E-state index contributed by atoms with van der Waals surface area (Å²) in [6.07, 6.45) is 3.74. The largest absolute Gasteiger partial charge is 0.481 e. The number of aromatic nitrogens is 1. The third kappa shape index (κ3) is 3.21. The third-order valence-electron chi connectivity index (χ3n) is 3.96. The first kappa shape index (κ1) is 15.0. The van der Waals surface area contributed by atoms with E-state index in [4.69, 9.17) is 0 Å². The highest BCUT2D eigenvalue weighted by molar-refractivity contribution is 5.93. The normalized spacial score (nSPS) is 17.1. The molecule has 1 fully saturated rings. The minimum Gasteiger partial charge on any atom is -0.481 e. The van der Waals surface area contributed by atoms with Crippen LogP contribution in [0.1, 0.15) is 42.6 Å². The fraction of sp³-hybridized carbons (Fsp3) is 0.538. The predicted octanol–water partition coefficient (Wildman–Crippen LogP) is 1.69. The maximum atomic E-state index is 11.9. The van der Waals surface area contributed by atoms with E-state index in [0.717, 1.165) is 19.3 Å². The first-order chi connectivity index (χ1) is 9.94. The number of carbonyl (C=O) groups is 2. The van der Waals surface area contributed by atoms with Crippen molar-refractivity contribution in [3.05, 3.63) is 27.9 Å². The van der Waals surface area contributed by atoms with Gasteiger partial charge in [0, 0.05) is 12.6 Å². The smallest absolute Gasteiger partial charge is 0.321 e. The molecule has 0 aromatic carbocycles. The van der Waals surface area contributed by atoms with Crippen LogP contribution in [-0.4, -0.2) is 33.4 Å². The van der Waals surface area contributed by atoms with Crippen molar-refractivity contribution < 1.29 is 19.6 Å².